The maximum atomic E-state index is 4.22. The first-order valence-corrected chi connectivity index (χ1v) is 6.16. The minimum absolute atomic E-state index is 0.813. The van der Waals surface area contributed by atoms with Crippen LogP contribution in [0.25, 0.3) is 0 Å². The Hall–Kier alpha value is -0.830. The van der Waals surface area contributed by atoms with Gasteiger partial charge in [-0.1, -0.05) is 6.42 Å². The van der Waals surface area contributed by atoms with Crippen molar-refractivity contribution in [3.8, 4) is 0 Å². The van der Waals surface area contributed by atoms with E-state index in [-0.39, 0.29) is 0 Å². The minimum atomic E-state index is 0.813. The molecule has 1 saturated heterocycles. The Morgan fingerprint density at radius 2 is 2.27 bits per heavy atom. The third kappa shape index (κ3) is 1.81. The molecular formula is C12H19N3. The van der Waals surface area contributed by atoms with Gasteiger partial charge in [0.25, 0.3) is 0 Å². The molecule has 0 amide bonds. The molecule has 2 fully saturated rings. The van der Waals surface area contributed by atoms with E-state index in [1.54, 1.807) is 0 Å². The SMILES string of the molecule is c1n[nH]c(CC2CCNC2)c1C1CCC1. The fourth-order valence-electron chi connectivity index (χ4n) is 2.73. The van der Waals surface area contributed by atoms with Crippen LogP contribution in [0.15, 0.2) is 6.20 Å². The molecule has 1 unspecified atom stereocenters. The minimum Gasteiger partial charge on any atom is -0.316 e. The molecule has 82 valence electrons. The molecule has 1 aliphatic heterocycles. The summed E-state index contributed by atoms with van der Waals surface area (Å²) in [6.45, 7) is 2.38. The summed E-state index contributed by atoms with van der Waals surface area (Å²) >= 11 is 0. The molecular weight excluding hydrogens is 186 g/mol. The molecule has 2 N–H and O–H groups in total. The van der Waals surface area contributed by atoms with Crippen LogP contribution < -0.4 is 5.32 Å². The predicted octanol–water partition coefficient (Wildman–Crippen LogP) is 1.83. The van der Waals surface area contributed by atoms with E-state index in [9.17, 15) is 0 Å². The molecule has 1 aromatic rings. The second kappa shape index (κ2) is 3.97. The second-order valence-corrected chi connectivity index (χ2v) is 4.99. The first kappa shape index (κ1) is 9.40. The van der Waals surface area contributed by atoms with Crippen molar-refractivity contribution in [2.24, 2.45) is 5.92 Å². The van der Waals surface area contributed by atoms with E-state index >= 15 is 0 Å². The fraction of sp³-hybridized carbons (Fsp3) is 0.750. The van der Waals surface area contributed by atoms with E-state index in [0.717, 1.165) is 11.8 Å². The highest BCUT2D eigenvalue weighted by atomic mass is 15.1. The number of aromatic nitrogens is 2. The lowest BCUT2D eigenvalue weighted by molar-refractivity contribution is 0.415. The van der Waals surface area contributed by atoms with Crippen LogP contribution in [-0.4, -0.2) is 23.3 Å². The van der Waals surface area contributed by atoms with E-state index in [2.05, 4.69) is 21.7 Å². The Bertz CT molecular complexity index is 321. The second-order valence-electron chi connectivity index (χ2n) is 4.99. The summed E-state index contributed by atoms with van der Waals surface area (Å²) in [6.07, 6.45) is 8.72. The molecule has 0 bridgehead atoms. The predicted molar refractivity (Wildman–Crippen MR) is 59.9 cm³/mol. The fourth-order valence-corrected chi connectivity index (χ4v) is 2.73. The Morgan fingerprint density at radius 1 is 1.33 bits per heavy atom. The number of aromatic amines is 1. The van der Waals surface area contributed by atoms with Gasteiger partial charge in [-0.2, -0.15) is 5.10 Å². The lowest BCUT2D eigenvalue weighted by Crippen LogP contribution is -2.14. The average molecular weight is 205 g/mol. The molecule has 2 aliphatic rings. The van der Waals surface area contributed by atoms with Crippen molar-refractivity contribution in [1.82, 2.24) is 15.5 Å². The van der Waals surface area contributed by atoms with Crippen LogP contribution in [0.1, 0.15) is 42.9 Å². The topological polar surface area (TPSA) is 40.7 Å². The van der Waals surface area contributed by atoms with Crippen LogP contribution in [0.4, 0.5) is 0 Å². The van der Waals surface area contributed by atoms with Crippen LogP contribution in [0.3, 0.4) is 0 Å². The molecule has 1 saturated carbocycles. The lowest BCUT2D eigenvalue weighted by atomic mass is 9.79. The third-order valence-electron chi connectivity index (χ3n) is 3.95. The Balaban J connectivity index is 1.70. The lowest BCUT2D eigenvalue weighted by Gasteiger charge is -2.25. The zero-order valence-electron chi connectivity index (χ0n) is 9.13. The highest BCUT2D eigenvalue weighted by Crippen LogP contribution is 2.38. The van der Waals surface area contributed by atoms with Gasteiger partial charge in [0.15, 0.2) is 0 Å². The summed E-state index contributed by atoms with van der Waals surface area (Å²) in [5.41, 5.74) is 2.92. The molecule has 3 rings (SSSR count). The summed E-state index contributed by atoms with van der Waals surface area (Å²) in [5, 5.41) is 10.9. The number of nitrogens with zero attached hydrogens (tertiary/aromatic N) is 1. The summed E-state index contributed by atoms with van der Waals surface area (Å²) in [5.74, 6) is 1.64. The Morgan fingerprint density at radius 3 is 2.93 bits per heavy atom. The number of nitrogens with one attached hydrogen (secondary N) is 2. The van der Waals surface area contributed by atoms with E-state index in [1.165, 1.54) is 56.5 Å². The highest BCUT2D eigenvalue weighted by Gasteiger charge is 2.25. The van der Waals surface area contributed by atoms with Crippen molar-refractivity contribution in [2.75, 3.05) is 13.1 Å². The number of rotatable bonds is 3. The van der Waals surface area contributed by atoms with Crippen molar-refractivity contribution < 1.29 is 0 Å². The van der Waals surface area contributed by atoms with E-state index < -0.39 is 0 Å². The Labute approximate surface area is 90.7 Å². The molecule has 0 radical (unpaired) electrons. The van der Waals surface area contributed by atoms with Crippen molar-refractivity contribution in [3.05, 3.63) is 17.5 Å². The van der Waals surface area contributed by atoms with Crippen LogP contribution in [0.5, 0.6) is 0 Å². The molecule has 0 aromatic carbocycles. The number of H-pyrrole nitrogens is 1. The van der Waals surface area contributed by atoms with Gasteiger partial charge in [-0.15, -0.1) is 0 Å². The van der Waals surface area contributed by atoms with Crippen molar-refractivity contribution in [1.29, 1.82) is 0 Å². The molecule has 2 heterocycles. The maximum absolute atomic E-state index is 4.22. The van der Waals surface area contributed by atoms with Crippen LogP contribution in [-0.2, 0) is 6.42 Å². The normalized spacial score (nSPS) is 26.8. The first-order chi connectivity index (χ1) is 7.43. The van der Waals surface area contributed by atoms with E-state index in [0.29, 0.717) is 0 Å². The first-order valence-electron chi connectivity index (χ1n) is 6.16. The quantitative estimate of drug-likeness (QED) is 0.790. The van der Waals surface area contributed by atoms with Gasteiger partial charge in [-0.3, -0.25) is 5.10 Å². The van der Waals surface area contributed by atoms with Gasteiger partial charge in [0.2, 0.25) is 0 Å². The molecule has 1 atom stereocenters. The molecule has 1 aliphatic carbocycles. The number of hydrogen-bond acceptors (Lipinski definition) is 2. The van der Waals surface area contributed by atoms with Crippen LogP contribution in [0.2, 0.25) is 0 Å². The third-order valence-corrected chi connectivity index (χ3v) is 3.95. The summed E-state index contributed by atoms with van der Waals surface area (Å²) in [7, 11) is 0. The number of hydrogen-bond donors (Lipinski definition) is 2. The van der Waals surface area contributed by atoms with Gasteiger partial charge in [0, 0.05) is 5.69 Å². The van der Waals surface area contributed by atoms with Gasteiger partial charge >= 0.3 is 0 Å². The average Bonchev–Trinajstić information content (AvgIpc) is 2.76. The van der Waals surface area contributed by atoms with Gasteiger partial charge in [0.05, 0.1) is 6.20 Å². The smallest absolute Gasteiger partial charge is 0.0524 e. The summed E-state index contributed by atoms with van der Waals surface area (Å²) in [4.78, 5) is 0. The molecule has 15 heavy (non-hydrogen) atoms. The summed E-state index contributed by atoms with van der Waals surface area (Å²) in [6, 6.07) is 0. The zero-order valence-corrected chi connectivity index (χ0v) is 9.13. The molecule has 0 spiro atoms. The molecule has 3 heteroatoms. The monoisotopic (exact) mass is 205 g/mol. The van der Waals surface area contributed by atoms with Gasteiger partial charge < -0.3 is 5.32 Å². The summed E-state index contributed by atoms with van der Waals surface area (Å²) < 4.78 is 0. The zero-order chi connectivity index (χ0) is 10.1. The van der Waals surface area contributed by atoms with E-state index in [4.69, 9.17) is 0 Å². The van der Waals surface area contributed by atoms with E-state index in [1.807, 2.05) is 0 Å². The van der Waals surface area contributed by atoms with Gasteiger partial charge in [-0.05, 0) is 56.2 Å². The molecule has 3 nitrogen and oxygen atoms in total. The van der Waals surface area contributed by atoms with Crippen molar-refractivity contribution in [3.63, 3.8) is 0 Å². The highest BCUT2D eigenvalue weighted by molar-refractivity contribution is 5.23. The largest absolute Gasteiger partial charge is 0.316 e. The maximum Gasteiger partial charge on any atom is 0.0524 e. The standard InChI is InChI=1S/C12H19N3/c1-2-10(3-1)11-8-14-15-12(11)6-9-4-5-13-7-9/h8-10,13H,1-7H2,(H,14,15). The van der Waals surface area contributed by atoms with Crippen molar-refractivity contribution in [2.45, 2.75) is 38.0 Å². The van der Waals surface area contributed by atoms with Crippen molar-refractivity contribution >= 4 is 0 Å². The van der Waals surface area contributed by atoms with Gasteiger partial charge in [-0.25, -0.2) is 0 Å². The van der Waals surface area contributed by atoms with Crippen LogP contribution >= 0.6 is 0 Å². The van der Waals surface area contributed by atoms with Gasteiger partial charge in [0.1, 0.15) is 0 Å². The Kier molecular flexibility index (Phi) is 2.49. The molecule has 1 aromatic heterocycles. The van der Waals surface area contributed by atoms with Crippen LogP contribution in [0, 0.1) is 5.92 Å².